The third-order valence-electron chi connectivity index (χ3n) is 5.92. The number of aryl methyl sites for hydroxylation is 1. The predicted octanol–water partition coefficient (Wildman–Crippen LogP) is 5.87. The van der Waals surface area contributed by atoms with Crippen LogP contribution in [0.3, 0.4) is 0 Å². The third kappa shape index (κ3) is 6.19. The van der Waals surface area contributed by atoms with Gasteiger partial charge in [-0.15, -0.1) is 0 Å². The van der Waals surface area contributed by atoms with E-state index in [1.54, 1.807) is 4.90 Å². The fourth-order valence-electron chi connectivity index (χ4n) is 3.73. The molecular formula is C27H31BrN2O2. The lowest BCUT2D eigenvalue weighted by molar-refractivity contribution is -0.140. The van der Waals surface area contributed by atoms with E-state index in [0.29, 0.717) is 19.4 Å². The molecule has 0 saturated carbocycles. The number of nitrogens with zero attached hydrogens (tertiary/aromatic N) is 1. The summed E-state index contributed by atoms with van der Waals surface area (Å²) >= 11 is 3.45. The van der Waals surface area contributed by atoms with Gasteiger partial charge in [0, 0.05) is 23.5 Å². The Morgan fingerprint density at radius 1 is 0.969 bits per heavy atom. The second-order valence-corrected chi connectivity index (χ2v) is 9.20. The Bertz CT molecular complexity index is 1060. The van der Waals surface area contributed by atoms with Gasteiger partial charge in [-0.1, -0.05) is 77.5 Å². The Morgan fingerprint density at radius 2 is 1.66 bits per heavy atom. The van der Waals surface area contributed by atoms with Crippen LogP contribution in [0.1, 0.15) is 44.7 Å². The molecule has 0 aliphatic carbocycles. The molecule has 0 saturated heterocycles. The van der Waals surface area contributed by atoms with Crippen LogP contribution in [-0.4, -0.2) is 28.8 Å². The maximum absolute atomic E-state index is 13.4. The lowest BCUT2D eigenvalue weighted by Crippen LogP contribution is -2.49. The van der Waals surface area contributed by atoms with Gasteiger partial charge in [0.05, 0.1) is 0 Å². The molecule has 0 aliphatic rings. The van der Waals surface area contributed by atoms with Crippen LogP contribution in [0.5, 0.6) is 0 Å². The zero-order valence-electron chi connectivity index (χ0n) is 19.0. The maximum atomic E-state index is 13.4. The molecule has 32 heavy (non-hydrogen) atoms. The number of carbonyl (C=O) groups excluding carboxylic acids is 2. The van der Waals surface area contributed by atoms with Crippen molar-refractivity contribution >= 4 is 38.5 Å². The van der Waals surface area contributed by atoms with Crippen molar-refractivity contribution in [2.45, 2.75) is 58.7 Å². The predicted molar refractivity (Wildman–Crippen MR) is 134 cm³/mol. The van der Waals surface area contributed by atoms with Crippen LogP contribution in [0.25, 0.3) is 10.8 Å². The highest BCUT2D eigenvalue weighted by Crippen LogP contribution is 2.21. The molecule has 0 radical (unpaired) electrons. The van der Waals surface area contributed by atoms with Gasteiger partial charge >= 0.3 is 0 Å². The van der Waals surface area contributed by atoms with E-state index in [0.717, 1.165) is 22.0 Å². The van der Waals surface area contributed by atoms with Crippen LogP contribution in [0.15, 0.2) is 71.2 Å². The Morgan fingerprint density at radius 3 is 2.38 bits per heavy atom. The first kappa shape index (κ1) is 24.0. The number of amides is 2. The van der Waals surface area contributed by atoms with Crippen molar-refractivity contribution in [3.8, 4) is 0 Å². The maximum Gasteiger partial charge on any atom is 0.242 e. The molecule has 0 unspecified atom stereocenters. The molecule has 4 nitrogen and oxygen atoms in total. The summed E-state index contributed by atoms with van der Waals surface area (Å²) in [6.07, 6.45) is 1.84. The van der Waals surface area contributed by atoms with E-state index >= 15 is 0 Å². The summed E-state index contributed by atoms with van der Waals surface area (Å²) in [4.78, 5) is 27.9. The number of rotatable bonds is 9. The summed E-state index contributed by atoms with van der Waals surface area (Å²) < 4.78 is 0.984. The molecule has 0 fully saturated rings. The monoisotopic (exact) mass is 494 g/mol. The zero-order chi connectivity index (χ0) is 23.1. The van der Waals surface area contributed by atoms with Gasteiger partial charge in [-0.3, -0.25) is 9.59 Å². The van der Waals surface area contributed by atoms with Crippen molar-refractivity contribution < 1.29 is 9.59 Å². The third-order valence-corrected chi connectivity index (χ3v) is 6.45. The first-order valence-corrected chi connectivity index (χ1v) is 12.0. The molecule has 0 aliphatic heterocycles. The van der Waals surface area contributed by atoms with E-state index < -0.39 is 6.04 Å². The molecule has 3 rings (SSSR count). The molecule has 0 bridgehead atoms. The van der Waals surface area contributed by atoms with E-state index in [9.17, 15) is 9.59 Å². The number of nitrogens with one attached hydrogen (secondary N) is 1. The minimum absolute atomic E-state index is 0.0207. The number of fused-ring (bicyclic) bond motifs is 1. The van der Waals surface area contributed by atoms with Crippen LogP contribution in [0.2, 0.25) is 0 Å². The molecule has 1 N–H and O–H groups in total. The first-order chi connectivity index (χ1) is 15.4. The lowest BCUT2D eigenvalue weighted by Gasteiger charge is -2.30. The highest BCUT2D eigenvalue weighted by molar-refractivity contribution is 9.10. The lowest BCUT2D eigenvalue weighted by atomic mass is 10.0. The number of hydrogen-bond acceptors (Lipinski definition) is 2. The van der Waals surface area contributed by atoms with Crippen molar-refractivity contribution in [3.63, 3.8) is 0 Å². The van der Waals surface area contributed by atoms with Gasteiger partial charge in [-0.25, -0.2) is 0 Å². The van der Waals surface area contributed by atoms with Gasteiger partial charge in [-0.05, 0) is 60.7 Å². The van der Waals surface area contributed by atoms with E-state index in [1.807, 2.05) is 63.2 Å². The van der Waals surface area contributed by atoms with Gasteiger partial charge < -0.3 is 10.2 Å². The van der Waals surface area contributed by atoms with E-state index in [2.05, 4.69) is 45.5 Å². The second kappa shape index (κ2) is 11.3. The van der Waals surface area contributed by atoms with E-state index in [4.69, 9.17) is 0 Å². The number of halogens is 1. The Balaban J connectivity index is 1.78. The Hall–Kier alpha value is -2.66. The van der Waals surface area contributed by atoms with Crippen LogP contribution in [-0.2, 0) is 22.6 Å². The summed E-state index contributed by atoms with van der Waals surface area (Å²) in [5, 5.41) is 5.36. The molecule has 2 amide bonds. The van der Waals surface area contributed by atoms with Crippen molar-refractivity contribution in [2.75, 3.05) is 0 Å². The highest BCUT2D eigenvalue weighted by atomic mass is 79.9. The minimum Gasteiger partial charge on any atom is -0.352 e. The van der Waals surface area contributed by atoms with Crippen molar-refractivity contribution in [3.05, 3.63) is 82.3 Å². The molecular weight excluding hydrogens is 464 g/mol. The molecule has 5 heteroatoms. The van der Waals surface area contributed by atoms with E-state index in [1.165, 1.54) is 10.8 Å². The van der Waals surface area contributed by atoms with Gasteiger partial charge in [0.1, 0.15) is 6.04 Å². The fourth-order valence-corrected chi connectivity index (χ4v) is 3.99. The molecule has 3 aromatic carbocycles. The smallest absolute Gasteiger partial charge is 0.242 e. The molecule has 3 aromatic rings. The van der Waals surface area contributed by atoms with Crippen molar-refractivity contribution in [1.29, 1.82) is 0 Å². The molecule has 2 atom stereocenters. The highest BCUT2D eigenvalue weighted by Gasteiger charge is 2.26. The zero-order valence-corrected chi connectivity index (χ0v) is 20.6. The topological polar surface area (TPSA) is 49.4 Å². The molecule has 0 spiro atoms. The van der Waals surface area contributed by atoms with Gasteiger partial charge in [0.25, 0.3) is 0 Å². The quantitative estimate of drug-likeness (QED) is 0.404. The molecule has 168 valence electrons. The normalized spacial score (nSPS) is 12.9. The minimum atomic E-state index is -0.548. The standard InChI is InChI=1S/C27H31BrN2O2/c1-4-19(2)29-27(32)20(3)30(18-21-12-15-24(28)16-13-21)26(31)17-14-23-10-7-9-22-8-5-6-11-25(22)23/h5-13,15-16,19-20H,4,14,17-18H2,1-3H3,(H,29,32)/t19-,20+/m0/s1. The van der Waals surface area contributed by atoms with E-state index in [-0.39, 0.29) is 17.9 Å². The summed E-state index contributed by atoms with van der Waals surface area (Å²) in [6.45, 7) is 6.22. The summed E-state index contributed by atoms with van der Waals surface area (Å²) in [6, 6.07) is 21.8. The average molecular weight is 495 g/mol. The number of hydrogen-bond donors (Lipinski definition) is 1. The van der Waals surface area contributed by atoms with Crippen LogP contribution >= 0.6 is 15.9 Å². The Kier molecular flexibility index (Phi) is 8.46. The van der Waals surface area contributed by atoms with Gasteiger partial charge in [-0.2, -0.15) is 0 Å². The van der Waals surface area contributed by atoms with Crippen LogP contribution in [0, 0.1) is 0 Å². The second-order valence-electron chi connectivity index (χ2n) is 8.28. The summed E-state index contributed by atoms with van der Waals surface area (Å²) in [7, 11) is 0. The van der Waals surface area contributed by atoms with Crippen molar-refractivity contribution in [1.82, 2.24) is 10.2 Å². The SMILES string of the molecule is CC[C@H](C)NC(=O)[C@@H](C)N(Cc1ccc(Br)cc1)C(=O)CCc1cccc2ccccc12. The fraction of sp³-hybridized carbons (Fsp3) is 0.333. The van der Waals surface area contributed by atoms with Crippen LogP contribution in [0.4, 0.5) is 0 Å². The molecule has 0 aromatic heterocycles. The van der Waals surface area contributed by atoms with Crippen LogP contribution < -0.4 is 5.32 Å². The average Bonchev–Trinajstić information content (AvgIpc) is 2.81. The largest absolute Gasteiger partial charge is 0.352 e. The first-order valence-electron chi connectivity index (χ1n) is 11.2. The van der Waals surface area contributed by atoms with Gasteiger partial charge in [0.15, 0.2) is 0 Å². The number of carbonyl (C=O) groups is 2. The summed E-state index contributed by atoms with van der Waals surface area (Å²) in [5.74, 6) is -0.136. The molecule has 0 heterocycles. The summed E-state index contributed by atoms with van der Waals surface area (Å²) in [5.41, 5.74) is 2.15. The van der Waals surface area contributed by atoms with Gasteiger partial charge in [0.2, 0.25) is 11.8 Å². The Labute approximate surface area is 199 Å². The van der Waals surface area contributed by atoms with Crippen molar-refractivity contribution in [2.24, 2.45) is 0 Å². The number of benzene rings is 3.